The minimum atomic E-state index is 0.338. The van der Waals surface area contributed by atoms with Crippen LogP contribution in [-0.4, -0.2) is 87.7 Å². The molecule has 0 N–H and O–H groups in total. The van der Waals surface area contributed by atoms with Crippen LogP contribution in [0.5, 0.6) is 0 Å². The zero-order chi connectivity index (χ0) is 16.8. The number of rotatable bonds is 6. The maximum absolute atomic E-state index is 12.5. The molecule has 24 heavy (non-hydrogen) atoms. The summed E-state index contributed by atoms with van der Waals surface area (Å²) >= 11 is 0. The summed E-state index contributed by atoms with van der Waals surface area (Å²) in [5.74, 6) is 0.338. The van der Waals surface area contributed by atoms with Gasteiger partial charge in [0.2, 0.25) is 5.91 Å². The zero-order valence-electron chi connectivity index (χ0n) is 14.8. The molecule has 0 aliphatic carbocycles. The number of piperidine rings is 1. The van der Waals surface area contributed by atoms with Crippen LogP contribution in [0.2, 0.25) is 0 Å². The SMILES string of the molecule is CN1CCCC[C@@H]1CCC(=O)N1CCN(CCn2cncn2)CC1. The van der Waals surface area contributed by atoms with Gasteiger partial charge in [0.25, 0.3) is 0 Å². The van der Waals surface area contributed by atoms with Gasteiger partial charge in [-0.15, -0.1) is 0 Å². The molecule has 2 fully saturated rings. The summed E-state index contributed by atoms with van der Waals surface area (Å²) in [6.45, 7) is 6.66. The van der Waals surface area contributed by atoms with Crippen molar-refractivity contribution in [1.82, 2.24) is 29.5 Å². The van der Waals surface area contributed by atoms with Gasteiger partial charge in [-0.2, -0.15) is 5.10 Å². The van der Waals surface area contributed by atoms with E-state index < -0.39 is 0 Å². The van der Waals surface area contributed by atoms with Crippen molar-refractivity contribution < 1.29 is 4.79 Å². The van der Waals surface area contributed by atoms with Gasteiger partial charge >= 0.3 is 0 Å². The van der Waals surface area contributed by atoms with Crippen molar-refractivity contribution in [3.05, 3.63) is 12.7 Å². The molecular formula is C17H30N6O. The first-order valence-electron chi connectivity index (χ1n) is 9.25. The molecular weight excluding hydrogens is 304 g/mol. The number of hydrogen-bond acceptors (Lipinski definition) is 5. The van der Waals surface area contributed by atoms with Crippen LogP contribution >= 0.6 is 0 Å². The van der Waals surface area contributed by atoms with Crippen LogP contribution in [-0.2, 0) is 11.3 Å². The van der Waals surface area contributed by atoms with E-state index in [9.17, 15) is 4.79 Å². The van der Waals surface area contributed by atoms with Crippen LogP contribution in [0.4, 0.5) is 0 Å². The van der Waals surface area contributed by atoms with Crippen LogP contribution in [0.25, 0.3) is 0 Å². The van der Waals surface area contributed by atoms with E-state index in [0.29, 0.717) is 18.4 Å². The average molecular weight is 334 g/mol. The molecule has 0 unspecified atom stereocenters. The monoisotopic (exact) mass is 334 g/mol. The Bertz CT molecular complexity index is 497. The molecule has 2 aliphatic rings. The highest BCUT2D eigenvalue weighted by Crippen LogP contribution is 2.19. The molecule has 134 valence electrons. The Morgan fingerprint density at radius 3 is 2.67 bits per heavy atom. The Morgan fingerprint density at radius 2 is 1.96 bits per heavy atom. The summed E-state index contributed by atoms with van der Waals surface area (Å²) in [5, 5.41) is 4.13. The zero-order valence-corrected chi connectivity index (χ0v) is 14.8. The first kappa shape index (κ1) is 17.4. The lowest BCUT2D eigenvalue weighted by molar-refractivity contribution is -0.133. The highest BCUT2D eigenvalue weighted by atomic mass is 16.2. The Balaban J connectivity index is 1.34. The third kappa shape index (κ3) is 4.77. The van der Waals surface area contributed by atoms with Crippen molar-refractivity contribution in [2.24, 2.45) is 0 Å². The predicted octanol–water partition coefficient (Wildman–Crippen LogP) is 0.687. The van der Waals surface area contributed by atoms with Crippen LogP contribution in [0.3, 0.4) is 0 Å². The quantitative estimate of drug-likeness (QED) is 0.766. The van der Waals surface area contributed by atoms with Crippen molar-refractivity contribution in [2.45, 2.75) is 44.7 Å². The second-order valence-corrected chi connectivity index (χ2v) is 7.05. The Kier molecular flexibility index (Phi) is 6.20. The number of carbonyl (C=O) groups is 1. The van der Waals surface area contributed by atoms with Gasteiger partial charge in [0, 0.05) is 45.2 Å². The van der Waals surface area contributed by atoms with Gasteiger partial charge in [-0.05, 0) is 32.9 Å². The second kappa shape index (κ2) is 8.58. The van der Waals surface area contributed by atoms with Crippen molar-refractivity contribution >= 4 is 5.91 Å². The average Bonchev–Trinajstić information content (AvgIpc) is 3.13. The van der Waals surface area contributed by atoms with Gasteiger partial charge in [-0.25, -0.2) is 4.98 Å². The molecule has 0 saturated carbocycles. The fourth-order valence-corrected chi connectivity index (χ4v) is 3.77. The number of nitrogens with zero attached hydrogens (tertiary/aromatic N) is 6. The highest BCUT2D eigenvalue weighted by Gasteiger charge is 2.24. The van der Waals surface area contributed by atoms with E-state index >= 15 is 0 Å². The van der Waals surface area contributed by atoms with Crippen molar-refractivity contribution in [3.63, 3.8) is 0 Å². The second-order valence-electron chi connectivity index (χ2n) is 7.05. The fraction of sp³-hybridized carbons (Fsp3) is 0.824. The van der Waals surface area contributed by atoms with E-state index in [-0.39, 0.29) is 0 Å². The molecule has 7 nitrogen and oxygen atoms in total. The maximum Gasteiger partial charge on any atom is 0.222 e. The molecule has 7 heteroatoms. The normalized spacial score (nSPS) is 23.5. The van der Waals surface area contributed by atoms with Crippen molar-refractivity contribution in [2.75, 3.05) is 46.3 Å². The Hall–Kier alpha value is -1.47. The largest absolute Gasteiger partial charge is 0.340 e. The standard InChI is InChI=1S/C17H30N6O/c1-20-7-3-2-4-16(20)5-6-17(24)22-11-8-21(9-12-22)10-13-23-15-18-14-19-23/h14-16H,2-13H2,1H3/t16-/m1/s1. The number of amides is 1. The smallest absolute Gasteiger partial charge is 0.222 e. The van der Waals surface area contributed by atoms with Crippen LogP contribution in [0.15, 0.2) is 12.7 Å². The molecule has 3 heterocycles. The molecule has 0 bridgehead atoms. The molecule has 1 aromatic heterocycles. The number of aromatic nitrogens is 3. The lowest BCUT2D eigenvalue weighted by Crippen LogP contribution is -2.49. The van der Waals surface area contributed by atoms with Gasteiger partial charge in [-0.3, -0.25) is 14.4 Å². The molecule has 0 radical (unpaired) electrons. The molecule has 0 aromatic carbocycles. The van der Waals surface area contributed by atoms with Gasteiger partial charge in [-0.1, -0.05) is 6.42 Å². The number of hydrogen-bond donors (Lipinski definition) is 0. The lowest BCUT2D eigenvalue weighted by atomic mass is 9.98. The molecule has 2 saturated heterocycles. The van der Waals surface area contributed by atoms with Gasteiger partial charge in [0.05, 0.1) is 6.54 Å². The van der Waals surface area contributed by atoms with E-state index in [4.69, 9.17) is 0 Å². The molecule has 1 atom stereocenters. The van der Waals surface area contributed by atoms with Gasteiger partial charge < -0.3 is 9.80 Å². The van der Waals surface area contributed by atoms with Gasteiger partial charge in [0.1, 0.15) is 12.7 Å². The van der Waals surface area contributed by atoms with Crippen LogP contribution in [0.1, 0.15) is 32.1 Å². The summed E-state index contributed by atoms with van der Waals surface area (Å²) in [6, 6.07) is 0.603. The molecule has 1 amide bonds. The lowest BCUT2D eigenvalue weighted by Gasteiger charge is -2.36. The summed E-state index contributed by atoms with van der Waals surface area (Å²) in [5.41, 5.74) is 0. The fourth-order valence-electron chi connectivity index (χ4n) is 3.77. The topological polar surface area (TPSA) is 57.5 Å². The summed E-state index contributed by atoms with van der Waals surface area (Å²) in [7, 11) is 2.20. The van der Waals surface area contributed by atoms with Crippen molar-refractivity contribution in [3.8, 4) is 0 Å². The number of likely N-dealkylation sites (tertiary alicyclic amines) is 1. The third-order valence-corrected chi connectivity index (χ3v) is 5.45. The molecule has 3 rings (SSSR count). The van der Waals surface area contributed by atoms with E-state index in [1.165, 1.54) is 25.8 Å². The van der Waals surface area contributed by atoms with E-state index in [2.05, 4.69) is 31.8 Å². The van der Waals surface area contributed by atoms with E-state index in [1.54, 1.807) is 12.7 Å². The van der Waals surface area contributed by atoms with Crippen molar-refractivity contribution in [1.29, 1.82) is 0 Å². The molecule has 0 spiro atoms. The number of piperazine rings is 1. The first-order valence-corrected chi connectivity index (χ1v) is 9.25. The maximum atomic E-state index is 12.5. The molecule has 2 aliphatic heterocycles. The summed E-state index contributed by atoms with van der Waals surface area (Å²) in [4.78, 5) is 23.3. The Labute approximate surface area is 144 Å². The van der Waals surface area contributed by atoms with E-state index in [0.717, 1.165) is 45.7 Å². The highest BCUT2D eigenvalue weighted by molar-refractivity contribution is 5.76. The first-order chi connectivity index (χ1) is 11.7. The summed E-state index contributed by atoms with van der Waals surface area (Å²) < 4.78 is 1.86. The van der Waals surface area contributed by atoms with Gasteiger partial charge in [0.15, 0.2) is 0 Å². The van der Waals surface area contributed by atoms with E-state index in [1.807, 2.05) is 4.68 Å². The molecule has 1 aromatic rings. The van der Waals surface area contributed by atoms with Crippen LogP contribution < -0.4 is 0 Å². The third-order valence-electron chi connectivity index (χ3n) is 5.45. The Morgan fingerprint density at radius 1 is 1.12 bits per heavy atom. The van der Waals surface area contributed by atoms with Crippen LogP contribution in [0, 0.1) is 0 Å². The predicted molar refractivity (Wildman–Crippen MR) is 92.5 cm³/mol. The minimum Gasteiger partial charge on any atom is -0.340 e. The number of carbonyl (C=O) groups excluding carboxylic acids is 1. The summed E-state index contributed by atoms with van der Waals surface area (Å²) in [6.07, 6.45) is 8.91. The minimum absolute atomic E-state index is 0.338.